The van der Waals surface area contributed by atoms with Crippen molar-refractivity contribution in [3.05, 3.63) is 29.3 Å². The molecule has 0 radical (unpaired) electrons. The Balaban J connectivity index is 1.63. The Morgan fingerprint density at radius 1 is 1.16 bits per heavy atom. The lowest BCUT2D eigenvalue weighted by Gasteiger charge is -2.26. The van der Waals surface area contributed by atoms with Crippen LogP contribution in [-0.2, 0) is 6.18 Å². The summed E-state index contributed by atoms with van der Waals surface area (Å²) in [7, 11) is 1.66. The smallest absolute Gasteiger partial charge is 0.416 e. The number of alkyl halides is 3. The van der Waals surface area contributed by atoms with E-state index in [1.165, 1.54) is 31.7 Å². The molecule has 2 heterocycles. The van der Waals surface area contributed by atoms with Gasteiger partial charge in [-0.05, 0) is 31.0 Å². The van der Waals surface area contributed by atoms with Crippen LogP contribution in [-0.4, -0.2) is 54.0 Å². The summed E-state index contributed by atoms with van der Waals surface area (Å²) >= 11 is 0. The first-order valence-electron chi connectivity index (χ1n) is 8.73. The Morgan fingerprint density at radius 3 is 2.56 bits per heavy atom. The Morgan fingerprint density at radius 2 is 1.88 bits per heavy atom. The topological polar surface area (TPSA) is 32.8 Å². The molecule has 0 N–H and O–H groups in total. The molecule has 1 saturated heterocycles. The van der Waals surface area contributed by atoms with Crippen LogP contribution >= 0.6 is 0 Å². The fourth-order valence-electron chi connectivity index (χ4n) is 4.32. The van der Waals surface area contributed by atoms with Crippen molar-refractivity contribution < 1.29 is 22.7 Å². The summed E-state index contributed by atoms with van der Waals surface area (Å²) < 4.78 is 44.9. The number of benzene rings is 1. The first kappa shape index (κ1) is 16.7. The highest BCUT2D eigenvalue weighted by Crippen LogP contribution is 2.37. The summed E-state index contributed by atoms with van der Waals surface area (Å²) in [6.45, 7) is 1.44. The van der Waals surface area contributed by atoms with E-state index in [-0.39, 0.29) is 23.5 Å². The number of hydrogen-bond donors (Lipinski definition) is 0. The molecule has 0 spiro atoms. The Kier molecular flexibility index (Phi) is 3.94. The van der Waals surface area contributed by atoms with Gasteiger partial charge in [-0.3, -0.25) is 9.69 Å². The van der Waals surface area contributed by atoms with Crippen LogP contribution in [0.15, 0.2) is 18.2 Å². The maximum Gasteiger partial charge on any atom is 0.416 e. The molecule has 136 valence electrons. The Hall–Kier alpha value is -1.76. The molecule has 2 atom stereocenters. The van der Waals surface area contributed by atoms with E-state index in [9.17, 15) is 18.0 Å². The Labute approximate surface area is 144 Å². The minimum atomic E-state index is -4.48. The van der Waals surface area contributed by atoms with Gasteiger partial charge in [0.05, 0.1) is 17.2 Å². The van der Waals surface area contributed by atoms with Gasteiger partial charge < -0.3 is 9.64 Å². The summed E-state index contributed by atoms with van der Waals surface area (Å²) in [5.41, 5.74) is -0.824. The van der Waals surface area contributed by atoms with Crippen molar-refractivity contribution >= 4 is 5.91 Å². The first-order valence-corrected chi connectivity index (χ1v) is 8.73. The van der Waals surface area contributed by atoms with Crippen molar-refractivity contribution in [3.63, 3.8) is 0 Å². The van der Waals surface area contributed by atoms with Crippen LogP contribution < -0.4 is 4.74 Å². The van der Waals surface area contributed by atoms with E-state index in [1.807, 2.05) is 0 Å². The van der Waals surface area contributed by atoms with Crippen LogP contribution in [0.4, 0.5) is 13.2 Å². The second-order valence-electron chi connectivity index (χ2n) is 7.24. The number of amides is 1. The number of likely N-dealkylation sites (N-methyl/N-ethyl adjacent to an activating group) is 1. The van der Waals surface area contributed by atoms with Crippen LogP contribution in [0, 0.1) is 0 Å². The van der Waals surface area contributed by atoms with Crippen LogP contribution in [0.2, 0.25) is 0 Å². The van der Waals surface area contributed by atoms with Gasteiger partial charge in [-0.1, -0.05) is 12.8 Å². The number of rotatable bonds is 1. The van der Waals surface area contributed by atoms with E-state index in [4.69, 9.17) is 4.74 Å². The highest BCUT2D eigenvalue weighted by atomic mass is 19.4. The van der Waals surface area contributed by atoms with Gasteiger partial charge in [-0.25, -0.2) is 0 Å². The number of nitrogens with zero attached hydrogens (tertiary/aromatic N) is 2. The monoisotopic (exact) mass is 354 g/mol. The first-order chi connectivity index (χ1) is 11.8. The van der Waals surface area contributed by atoms with Crippen LogP contribution in [0.3, 0.4) is 0 Å². The number of hydrogen-bond acceptors (Lipinski definition) is 3. The molecule has 4 rings (SSSR count). The van der Waals surface area contributed by atoms with Gasteiger partial charge in [0.25, 0.3) is 5.91 Å². The van der Waals surface area contributed by atoms with Gasteiger partial charge in [-0.2, -0.15) is 13.2 Å². The zero-order valence-corrected chi connectivity index (χ0v) is 14.1. The summed E-state index contributed by atoms with van der Waals surface area (Å²) in [5.74, 6) is -0.146. The summed E-state index contributed by atoms with van der Waals surface area (Å²) in [6.07, 6.45) is 0.123. The van der Waals surface area contributed by atoms with E-state index >= 15 is 0 Å². The number of carbonyl (C=O) groups excluding carboxylic acids is 1. The van der Waals surface area contributed by atoms with Gasteiger partial charge in [0.1, 0.15) is 11.9 Å². The molecule has 2 fully saturated rings. The molecule has 0 aromatic heterocycles. The number of halogens is 3. The average Bonchev–Trinajstić information content (AvgIpc) is 3.20. The molecule has 7 heteroatoms. The van der Waals surface area contributed by atoms with Gasteiger partial charge in [0.15, 0.2) is 0 Å². The maximum absolute atomic E-state index is 13.0. The number of ether oxygens (including phenoxy) is 1. The molecule has 2 unspecified atom stereocenters. The van der Waals surface area contributed by atoms with E-state index in [2.05, 4.69) is 4.90 Å². The van der Waals surface area contributed by atoms with Crippen molar-refractivity contribution in [2.75, 3.05) is 20.1 Å². The lowest BCUT2D eigenvalue weighted by Crippen LogP contribution is -2.44. The molecular weight excluding hydrogens is 333 g/mol. The van der Waals surface area contributed by atoms with Crippen molar-refractivity contribution in [3.8, 4) is 5.75 Å². The predicted octanol–water partition coefficient (Wildman–Crippen LogP) is 3.17. The largest absolute Gasteiger partial charge is 0.486 e. The molecule has 3 aliphatic rings. The molecule has 1 saturated carbocycles. The summed E-state index contributed by atoms with van der Waals surface area (Å²) in [5, 5.41) is 0. The van der Waals surface area contributed by atoms with Gasteiger partial charge in [-0.15, -0.1) is 0 Å². The van der Waals surface area contributed by atoms with E-state index in [0.29, 0.717) is 12.6 Å². The minimum absolute atomic E-state index is 0.000795. The van der Waals surface area contributed by atoms with Gasteiger partial charge in [0, 0.05) is 26.2 Å². The van der Waals surface area contributed by atoms with Crippen LogP contribution in [0.1, 0.15) is 41.6 Å². The lowest BCUT2D eigenvalue weighted by molar-refractivity contribution is -0.137. The zero-order valence-electron chi connectivity index (χ0n) is 14.1. The third kappa shape index (κ3) is 2.88. The summed E-state index contributed by atoms with van der Waals surface area (Å²) in [6, 6.07) is 3.57. The third-order valence-corrected chi connectivity index (χ3v) is 5.74. The van der Waals surface area contributed by atoms with Crippen molar-refractivity contribution in [2.24, 2.45) is 0 Å². The Bertz CT molecular complexity index is 685. The molecule has 2 aliphatic heterocycles. The predicted molar refractivity (Wildman–Crippen MR) is 85.6 cm³/mol. The molecule has 0 bridgehead atoms. The normalized spacial score (nSPS) is 27.8. The van der Waals surface area contributed by atoms with Crippen LogP contribution in [0.25, 0.3) is 0 Å². The fraction of sp³-hybridized carbons (Fsp3) is 0.611. The number of fused-ring (bicyclic) bond motifs is 2. The highest BCUT2D eigenvalue weighted by Gasteiger charge is 2.45. The molecule has 1 aromatic carbocycles. The van der Waals surface area contributed by atoms with E-state index < -0.39 is 17.6 Å². The second kappa shape index (κ2) is 5.90. The van der Waals surface area contributed by atoms with E-state index in [0.717, 1.165) is 18.7 Å². The average molecular weight is 354 g/mol. The lowest BCUT2D eigenvalue weighted by atomic mass is 10.1. The second-order valence-corrected chi connectivity index (χ2v) is 7.24. The van der Waals surface area contributed by atoms with Crippen molar-refractivity contribution in [2.45, 2.75) is 50.0 Å². The molecule has 25 heavy (non-hydrogen) atoms. The minimum Gasteiger partial charge on any atom is -0.486 e. The molecule has 1 amide bonds. The maximum atomic E-state index is 13.0. The molecule has 1 aliphatic carbocycles. The van der Waals surface area contributed by atoms with Crippen molar-refractivity contribution in [1.82, 2.24) is 9.80 Å². The van der Waals surface area contributed by atoms with Gasteiger partial charge >= 0.3 is 6.18 Å². The zero-order chi connectivity index (χ0) is 17.8. The van der Waals surface area contributed by atoms with E-state index in [1.54, 1.807) is 11.9 Å². The number of carbonyl (C=O) groups is 1. The SMILES string of the molecule is CN1C(=O)c2cc(C(F)(F)F)ccc2OC2CN(C3CCCC3)CC21. The highest BCUT2D eigenvalue weighted by molar-refractivity contribution is 5.97. The van der Waals surface area contributed by atoms with Crippen LogP contribution in [0.5, 0.6) is 5.75 Å². The summed E-state index contributed by atoms with van der Waals surface area (Å²) in [4.78, 5) is 16.7. The van der Waals surface area contributed by atoms with Gasteiger partial charge in [0.2, 0.25) is 0 Å². The standard InChI is InChI=1S/C18H21F3N2O2/c1-22-14-9-23(12-4-2-3-5-12)10-16(14)25-15-7-6-11(18(19,20)21)8-13(15)17(22)24/h6-8,12,14,16H,2-5,9-10H2,1H3. The third-order valence-electron chi connectivity index (χ3n) is 5.74. The molecular formula is C18H21F3N2O2. The molecule has 1 aromatic rings. The van der Waals surface area contributed by atoms with Crippen molar-refractivity contribution in [1.29, 1.82) is 0 Å². The quantitative estimate of drug-likeness (QED) is 0.777. The fourth-order valence-corrected chi connectivity index (χ4v) is 4.32. The number of likely N-dealkylation sites (tertiary alicyclic amines) is 1. The molecule has 4 nitrogen and oxygen atoms in total.